The number of fused-ring (bicyclic) bond motifs is 1. The van der Waals surface area contributed by atoms with E-state index in [0.29, 0.717) is 35.6 Å². The van der Waals surface area contributed by atoms with Gasteiger partial charge in [0.2, 0.25) is 0 Å². The summed E-state index contributed by atoms with van der Waals surface area (Å²) in [7, 11) is 0. The highest BCUT2D eigenvalue weighted by Gasteiger charge is 2.31. The fourth-order valence-electron chi connectivity index (χ4n) is 2.72. The number of β-amino-alcohol motifs (C(OH)–C–C–N with tert-alkyl or cyclic N) is 1. The number of ether oxygens (including phenoxy) is 2. The second-order valence-corrected chi connectivity index (χ2v) is 5.65. The number of halogens is 3. The van der Waals surface area contributed by atoms with Crippen LogP contribution >= 0.6 is 0 Å². The van der Waals surface area contributed by atoms with Gasteiger partial charge < -0.3 is 19.5 Å². The van der Waals surface area contributed by atoms with Gasteiger partial charge in [-0.15, -0.1) is 13.2 Å². The van der Waals surface area contributed by atoms with Crippen molar-refractivity contribution in [1.29, 1.82) is 0 Å². The molecule has 1 N–H and O–H groups in total. The Morgan fingerprint density at radius 2 is 1.81 bits per heavy atom. The van der Waals surface area contributed by atoms with Crippen molar-refractivity contribution in [2.24, 2.45) is 0 Å². The van der Waals surface area contributed by atoms with E-state index in [4.69, 9.17) is 9.84 Å². The van der Waals surface area contributed by atoms with E-state index in [-0.39, 0.29) is 24.8 Å². The average Bonchev–Trinajstić information content (AvgIpc) is 2.74. The topological polar surface area (TPSA) is 59.0 Å². The van der Waals surface area contributed by atoms with Crippen molar-refractivity contribution >= 4 is 5.91 Å². The van der Waals surface area contributed by atoms with Crippen LogP contribution in [0.2, 0.25) is 0 Å². The molecule has 0 unspecified atom stereocenters. The maximum Gasteiger partial charge on any atom is 0.573 e. The first-order valence-corrected chi connectivity index (χ1v) is 7.90. The second kappa shape index (κ2) is 7.25. The van der Waals surface area contributed by atoms with Gasteiger partial charge in [-0.3, -0.25) is 4.79 Å². The van der Waals surface area contributed by atoms with Crippen LogP contribution in [-0.2, 0) is 0 Å². The zero-order valence-corrected chi connectivity index (χ0v) is 13.6. The van der Waals surface area contributed by atoms with Crippen LogP contribution in [0.3, 0.4) is 0 Å². The van der Waals surface area contributed by atoms with Crippen LogP contribution in [0, 0.1) is 0 Å². The monoisotopic (exact) mass is 367 g/mol. The Balaban J connectivity index is 1.88. The van der Waals surface area contributed by atoms with Crippen molar-refractivity contribution in [2.45, 2.75) is 6.36 Å². The lowest BCUT2D eigenvalue weighted by Gasteiger charge is -2.18. The summed E-state index contributed by atoms with van der Waals surface area (Å²) in [5.41, 5.74) is 1.64. The van der Waals surface area contributed by atoms with Gasteiger partial charge in [-0.2, -0.15) is 0 Å². The molecule has 1 heterocycles. The minimum Gasteiger partial charge on any atom is -0.491 e. The fraction of sp³-hybridized carbons (Fsp3) is 0.278. The van der Waals surface area contributed by atoms with E-state index in [1.165, 1.54) is 29.2 Å². The van der Waals surface area contributed by atoms with Gasteiger partial charge >= 0.3 is 6.36 Å². The number of carbonyl (C=O) groups is 1. The van der Waals surface area contributed by atoms with E-state index in [1.807, 2.05) is 0 Å². The van der Waals surface area contributed by atoms with Crippen molar-refractivity contribution < 1.29 is 32.5 Å². The summed E-state index contributed by atoms with van der Waals surface area (Å²) in [4.78, 5) is 14.1. The summed E-state index contributed by atoms with van der Waals surface area (Å²) < 4.78 is 46.1. The zero-order chi connectivity index (χ0) is 18.7. The normalized spacial score (nSPS) is 14.5. The van der Waals surface area contributed by atoms with E-state index >= 15 is 0 Å². The molecule has 0 aliphatic carbocycles. The van der Waals surface area contributed by atoms with Crippen molar-refractivity contribution in [3.63, 3.8) is 0 Å². The summed E-state index contributed by atoms with van der Waals surface area (Å²) in [5, 5.41) is 9.09. The van der Waals surface area contributed by atoms with Gasteiger partial charge in [0.25, 0.3) is 5.91 Å². The third kappa shape index (κ3) is 4.08. The molecule has 1 aliphatic rings. The molecule has 5 nitrogen and oxygen atoms in total. The number of benzene rings is 2. The van der Waals surface area contributed by atoms with Gasteiger partial charge in [0.15, 0.2) is 0 Å². The van der Waals surface area contributed by atoms with Crippen molar-refractivity contribution in [3.8, 4) is 22.6 Å². The summed E-state index contributed by atoms with van der Waals surface area (Å²) in [6.07, 6.45) is -4.74. The van der Waals surface area contributed by atoms with Crippen LogP contribution in [0.4, 0.5) is 13.2 Å². The largest absolute Gasteiger partial charge is 0.573 e. The predicted octanol–water partition coefficient (Wildman–Crippen LogP) is 3.08. The molecule has 0 spiro atoms. The lowest BCUT2D eigenvalue weighted by Crippen LogP contribution is -2.34. The molecule has 138 valence electrons. The molecule has 8 heteroatoms. The Hall–Kier alpha value is -2.74. The van der Waals surface area contributed by atoms with Gasteiger partial charge in [-0.05, 0) is 35.4 Å². The highest BCUT2D eigenvalue weighted by Crippen LogP contribution is 2.31. The Morgan fingerprint density at radius 1 is 1.12 bits per heavy atom. The van der Waals surface area contributed by atoms with Gasteiger partial charge in [-0.1, -0.05) is 18.2 Å². The summed E-state index contributed by atoms with van der Waals surface area (Å²) in [6, 6.07) is 10.4. The van der Waals surface area contributed by atoms with E-state index in [1.54, 1.807) is 18.2 Å². The van der Waals surface area contributed by atoms with E-state index < -0.39 is 6.36 Å². The zero-order valence-electron chi connectivity index (χ0n) is 13.6. The van der Waals surface area contributed by atoms with Gasteiger partial charge in [0.05, 0.1) is 18.7 Å². The van der Waals surface area contributed by atoms with Crippen molar-refractivity contribution in [3.05, 3.63) is 48.0 Å². The summed E-state index contributed by atoms with van der Waals surface area (Å²) in [6.45, 7) is 0.741. The first-order chi connectivity index (χ1) is 12.4. The number of nitrogens with zero attached hydrogens (tertiary/aromatic N) is 1. The molecule has 26 heavy (non-hydrogen) atoms. The molecule has 2 aromatic carbocycles. The molecule has 1 amide bonds. The maximum atomic E-state index is 12.6. The predicted molar refractivity (Wildman–Crippen MR) is 87.0 cm³/mol. The third-order valence-electron chi connectivity index (χ3n) is 3.91. The quantitative estimate of drug-likeness (QED) is 0.902. The van der Waals surface area contributed by atoms with Crippen LogP contribution in [0.15, 0.2) is 42.5 Å². The molecular formula is C18H16F3NO4. The number of carbonyl (C=O) groups excluding carboxylic acids is 1. The smallest absolute Gasteiger partial charge is 0.491 e. The molecule has 0 saturated carbocycles. The van der Waals surface area contributed by atoms with E-state index in [2.05, 4.69) is 4.74 Å². The lowest BCUT2D eigenvalue weighted by atomic mass is 10.0. The SMILES string of the molecule is O=C1c2cc(-c3ccc(OC(F)(F)F)cc3)ccc2OCCN1CCO. The van der Waals surface area contributed by atoms with Gasteiger partial charge in [-0.25, -0.2) is 0 Å². The molecular weight excluding hydrogens is 351 g/mol. The highest BCUT2D eigenvalue weighted by atomic mass is 19.4. The van der Waals surface area contributed by atoms with Gasteiger partial charge in [0, 0.05) is 6.54 Å². The molecule has 0 atom stereocenters. The summed E-state index contributed by atoms with van der Waals surface area (Å²) in [5.74, 6) is -0.133. The van der Waals surface area contributed by atoms with Gasteiger partial charge in [0.1, 0.15) is 18.1 Å². The number of hydrogen-bond donors (Lipinski definition) is 1. The van der Waals surface area contributed by atoms with Crippen LogP contribution in [-0.4, -0.2) is 48.6 Å². The highest BCUT2D eigenvalue weighted by molar-refractivity contribution is 5.98. The number of aliphatic hydroxyl groups excluding tert-OH is 1. The molecule has 0 fully saturated rings. The van der Waals surface area contributed by atoms with Crippen LogP contribution in [0.5, 0.6) is 11.5 Å². The first-order valence-electron chi connectivity index (χ1n) is 7.90. The first kappa shape index (κ1) is 18.1. The molecule has 2 aromatic rings. The molecule has 3 rings (SSSR count). The fourth-order valence-corrected chi connectivity index (χ4v) is 2.72. The lowest BCUT2D eigenvalue weighted by molar-refractivity contribution is -0.274. The maximum absolute atomic E-state index is 12.6. The molecule has 0 radical (unpaired) electrons. The molecule has 0 saturated heterocycles. The Bertz CT molecular complexity index is 790. The van der Waals surface area contributed by atoms with Crippen molar-refractivity contribution in [2.75, 3.05) is 26.3 Å². The minimum atomic E-state index is -4.74. The van der Waals surface area contributed by atoms with Crippen molar-refractivity contribution in [1.82, 2.24) is 4.90 Å². The number of alkyl halides is 3. The summed E-state index contributed by atoms with van der Waals surface area (Å²) >= 11 is 0. The van der Waals surface area contributed by atoms with E-state index in [9.17, 15) is 18.0 Å². The average molecular weight is 367 g/mol. The van der Waals surface area contributed by atoms with E-state index in [0.717, 1.165) is 0 Å². The molecule has 0 aromatic heterocycles. The van der Waals surface area contributed by atoms with Crippen LogP contribution in [0.25, 0.3) is 11.1 Å². The molecule has 1 aliphatic heterocycles. The minimum absolute atomic E-state index is 0.151. The van der Waals surface area contributed by atoms with Crippen LogP contribution in [0.1, 0.15) is 10.4 Å². The number of amides is 1. The Morgan fingerprint density at radius 3 is 2.46 bits per heavy atom. The Kier molecular flexibility index (Phi) is 5.03. The Labute approximate surface area is 147 Å². The number of rotatable bonds is 4. The molecule has 0 bridgehead atoms. The van der Waals surface area contributed by atoms with Crippen LogP contribution < -0.4 is 9.47 Å². The second-order valence-electron chi connectivity index (χ2n) is 5.65. The number of hydrogen-bond acceptors (Lipinski definition) is 4. The third-order valence-corrected chi connectivity index (χ3v) is 3.91. The number of aliphatic hydroxyl groups is 1. The standard InChI is InChI=1S/C18H16F3NO4/c19-18(20,21)26-14-4-1-12(2-5-14)13-3-6-16-15(11-13)17(24)22(7-9-23)8-10-25-16/h1-6,11,23H,7-10H2.